The number of primary amides is 1. The van der Waals surface area contributed by atoms with Gasteiger partial charge in [0.05, 0.1) is 0 Å². The van der Waals surface area contributed by atoms with Crippen LogP contribution in [0.25, 0.3) is 0 Å². The quantitative estimate of drug-likeness (QED) is 0.440. The van der Waals surface area contributed by atoms with E-state index >= 15 is 0 Å². The average Bonchev–Trinajstić information content (AvgIpc) is 1.98. The molecule has 0 radical (unpaired) electrons. The maximum Gasteiger partial charge on any atom is 0.312 e. The average molecular weight is 175 g/mol. The molecule has 0 heterocycles. The van der Waals surface area contributed by atoms with Gasteiger partial charge in [-0.05, 0) is 0 Å². The second-order valence-electron chi connectivity index (χ2n) is 2.07. The van der Waals surface area contributed by atoms with Crippen LogP contribution in [0.15, 0.2) is 0 Å². The third kappa shape index (κ3) is 6.81. The van der Waals surface area contributed by atoms with Crippen LogP contribution >= 0.6 is 0 Å². The van der Waals surface area contributed by atoms with Gasteiger partial charge in [0, 0.05) is 20.2 Å². The molecule has 0 atom stereocenters. The first-order valence-electron chi connectivity index (χ1n) is 3.45. The number of nitrogens with one attached hydrogen (secondary N) is 2. The zero-order valence-corrected chi connectivity index (χ0v) is 6.92. The lowest BCUT2D eigenvalue weighted by Gasteiger charge is -2.03. The lowest BCUT2D eigenvalue weighted by atomic mass is 10.5. The van der Waals surface area contributed by atoms with Gasteiger partial charge in [-0.3, -0.25) is 4.79 Å². The fourth-order valence-electron chi connectivity index (χ4n) is 0.570. The van der Waals surface area contributed by atoms with Crippen molar-refractivity contribution in [1.29, 1.82) is 0 Å². The molecular formula is C6H13N3O3. The molecule has 0 aliphatic carbocycles. The van der Waals surface area contributed by atoms with Gasteiger partial charge < -0.3 is 21.1 Å². The van der Waals surface area contributed by atoms with E-state index in [9.17, 15) is 9.59 Å². The Morgan fingerprint density at radius 2 is 1.92 bits per heavy atom. The van der Waals surface area contributed by atoms with Gasteiger partial charge in [-0.15, -0.1) is 0 Å². The van der Waals surface area contributed by atoms with Gasteiger partial charge in [0.15, 0.2) is 0 Å². The van der Waals surface area contributed by atoms with Crippen molar-refractivity contribution in [3.8, 4) is 0 Å². The first kappa shape index (κ1) is 10.7. The van der Waals surface area contributed by atoms with Crippen LogP contribution < -0.4 is 16.4 Å². The summed E-state index contributed by atoms with van der Waals surface area (Å²) >= 11 is 0. The second kappa shape index (κ2) is 6.41. The highest BCUT2D eigenvalue weighted by Crippen LogP contribution is 1.67. The van der Waals surface area contributed by atoms with E-state index in [1.165, 1.54) is 7.11 Å². The molecule has 0 fully saturated rings. The van der Waals surface area contributed by atoms with Gasteiger partial charge in [0.2, 0.25) is 5.91 Å². The van der Waals surface area contributed by atoms with Gasteiger partial charge in [-0.25, -0.2) is 4.79 Å². The predicted octanol–water partition coefficient (Wildman–Crippen LogP) is -1.58. The number of hydrogen-bond acceptors (Lipinski definition) is 3. The Bertz CT molecular complexity index is 160. The van der Waals surface area contributed by atoms with E-state index in [-0.39, 0.29) is 12.5 Å². The third-order valence-corrected chi connectivity index (χ3v) is 1.02. The van der Waals surface area contributed by atoms with Crippen molar-refractivity contribution in [3.05, 3.63) is 0 Å². The summed E-state index contributed by atoms with van der Waals surface area (Å²) in [7, 11) is 1.43. The molecule has 0 aromatic carbocycles. The van der Waals surface area contributed by atoms with Gasteiger partial charge >= 0.3 is 6.03 Å². The largest absolute Gasteiger partial charge is 0.375 e. The van der Waals surface area contributed by atoms with Crippen molar-refractivity contribution in [1.82, 2.24) is 10.6 Å². The zero-order chi connectivity index (χ0) is 9.40. The lowest BCUT2D eigenvalue weighted by molar-refractivity contribution is -0.124. The van der Waals surface area contributed by atoms with E-state index in [2.05, 4.69) is 15.4 Å². The van der Waals surface area contributed by atoms with Gasteiger partial charge in [0.1, 0.15) is 6.61 Å². The van der Waals surface area contributed by atoms with E-state index in [0.717, 1.165) is 0 Å². The van der Waals surface area contributed by atoms with Crippen molar-refractivity contribution in [3.63, 3.8) is 0 Å². The molecule has 3 amide bonds. The third-order valence-electron chi connectivity index (χ3n) is 1.02. The highest BCUT2D eigenvalue weighted by Gasteiger charge is 1.97. The number of nitrogens with two attached hydrogens (primary N) is 1. The second-order valence-corrected chi connectivity index (χ2v) is 2.07. The molecule has 0 aromatic heterocycles. The van der Waals surface area contributed by atoms with E-state index in [1.54, 1.807) is 0 Å². The number of carbonyl (C=O) groups is 2. The summed E-state index contributed by atoms with van der Waals surface area (Å²) in [4.78, 5) is 20.9. The smallest absolute Gasteiger partial charge is 0.312 e. The number of amides is 3. The molecular weight excluding hydrogens is 162 g/mol. The maximum absolute atomic E-state index is 10.7. The van der Waals surface area contributed by atoms with E-state index in [0.29, 0.717) is 13.1 Å². The minimum absolute atomic E-state index is 0.0244. The topological polar surface area (TPSA) is 93.4 Å². The van der Waals surface area contributed by atoms with E-state index < -0.39 is 6.03 Å². The normalized spacial score (nSPS) is 9.08. The van der Waals surface area contributed by atoms with Crippen molar-refractivity contribution in [2.24, 2.45) is 5.73 Å². The Hall–Kier alpha value is -1.30. The highest BCUT2D eigenvalue weighted by molar-refractivity contribution is 5.77. The summed E-state index contributed by atoms with van der Waals surface area (Å²) in [6, 6.07) is -0.601. The molecule has 0 saturated heterocycles. The molecule has 0 saturated carbocycles. The molecule has 4 N–H and O–H groups in total. The van der Waals surface area contributed by atoms with Crippen LogP contribution in [-0.2, 0) is 9.53 Å². The van der Waals surface area contributed by atoms with Crippen LogP contribution in [0, 0.1) is 0 Å². The summed E-state index contributed by atoms with van der Waals surface area (Å²) in [5, 5.41) is 4.83. The van der Waals surface area contributed by atoms with Gasteiger partial charge in [0.25, 0.3) is 0 Å². The summed E-state index contributed by atoms with van der Waals surface area (Å²) in [5.41, 5.74) is 4.78. The zero-order valence-electron chi connectivity index (χ0n) is 6.92. The fourth-order valence-corrected chi connectivity index (χ4v) is 0.570. The Morgan fingerprint density at radius 1 is 1.33 bits per heavy atom. The summed E-state index contributed by atoms with van der Waals surface area (Å²) in [6.45, 7) is 0.701. The van der Waals surface area contributed by atoms with Crippen LogP contribution in [0.3, 0.4) is 0 Å². The van der Waals surface area contributed by atoms with Crippen LogP contribution in [0.5, 0.6) is 0 Å². The molecule has 6 nitrogen and oxygen atoms in total. The Kier molecular flexibility index (Phi) is 5.72. The van der Waals surface area contributed by atoms with E-state index in [4.69, 9.17) is 5.73 Å². The highest BCUT2D eigenvalue weighted by atomic mass is 16.5. The Morgan fingerprint density at radius 3 is 2.42 bits per heavy atom. The fraction of sp³-hybridized carbons (Fsp3) is 0.667. The van der Waals surface area contributed by atoms with Crippen LogP contribution in [0.4, 0.5) is 4.79 Å². The molecule has 70 valence electrons. The van der Waals surface area contributed by atoms with Gasteiger partial charge in [-0.1, -0.05) is 0 Å². The first-order valence-corrected chi connectivity index (χ1v) is 3.45. The molecule has 0 rings (SSSR count). The summed E-state index contributed by atoms with van der Waals surface area (Å²) in [5.74, 6) is -0.219. The molecule has 0 aliphatic heterocycles. The van der Waals surface area contributed by atoms with Crippen LogP contribution in [0.1, 0.15) is 0 Å². The summed E-state index contributed by atoms with van der Waals surface area (Å²) < 4.78 is 4.56. The summed E-state index contributed by atoms with van der Waals surface area (Å²) in [6.07, 6.45) is 0. The number of methoxy groups -OCH3 is 1. The molecule has 6 heteroatoms. The van der Waals surface area contributed by atoms with Crippen molar-refractivity contribution in [2.45, 2.75) is 0 Å². The SMILES string of the molecule is COCC(=O)NCCNC(N)=O. The lowest BCUT2D eigenvalue weighted by Crippen LogP contribution is -2.38. The molecule has 0 aliphatic rings. The number of rotatable bonds is 5. The predicted molar refractivity (Wildman–Crippen MR) is 42.5 cm³/mol. The molecule has 0 spiro atoms. The molecule has 0 aromatic rings. The minimum Gasteiger partial charge on any atom is -0.375 e. The number of hydrogen-bond donors (Lipinski definition) is 3. The Labute approximate surface area is 70.4 Å². The first-order chi connectivity index (χ1) is 5.66. The van der Waals surface area contributed by atoms with Crippen molar-refractivity contribution >= 4 is 11.9 Å². The maximum atomic E-state index is 10.7. The minimum atomic E-state index is -0.601. The monoisotopic (exact) mass is 175 g/mol. The molecule has 0 unspecified atom stereocenters. The van der Waals surface area contributed by atoms with Gasteiger partial charge in [-0.2, -0.15) is 0 Å². The van der Waals surface area contributed by atoms with Crippen molar-refractivity contribution < 1.29 is 14.3 Å². The molecule has 0 bridgehead atoms. The number of urea groups is 1. The number of ether oxygens (including phenoxy) is 1. The van der Waals surface area contributed by atoms with Crippen LogP contribution in [0.2, 0.25) is 0 Å². The van der Waals surface area contributed by atoms with E-state index in [1.807, 2.05) is 0 Å². The molecule has 12 heavy (non-hydrogen) atoms. The standard InChI is InChI=1S/C6H13N3O3/c1-12-4-5(10)8-2-3-9-6(7)11/h2-4H2,1H3,(H,8,10)(H3,7,9,11). The number of carbonyl (C=O) groups excluding carboxylic acids is 2. The van der Waals surface area contributed by atoms with Crippen molar-refractivity contribution in [2.75, 3.05) is 26.8 Å². The Balaban J connectivity index is 3.19. The van der Waals surface area contributed by atoms with Crippen LogP contribution in [-0.4, -0.2) is 38.7 Å².